The Morgan fingerprint density at radius 3 is 2.58 bits per heavy atom. The van der Waals surface area contributed by atoms with Gasteiger partial charge in [0.25, 0.3) is 0 Å². The number of amides is 1. The number of hydrogen-bond acceptors (Lipinski definition) is 4. The summed E-state index contributed by atoms with van der Waals surface area (Å²) in [6.45, 7) is 0. The van der Waals surface area contributed by atoms with Gasteiger partial charge in [0.2, 0.25) is 5.91 Å². The zero-order chi connectivity index (χ0) is 18.4. The smallest absolute Gasteiger partial charge is 0.307 e. The van der Waals surface area contributed by atoms with Gasteiger partial charge < -0.3 is 10.4 Å². The van der Waals surface area contributed by atoms with Crippen molar-refractivity contribution < 1.29 is 14.7 Å². The monoisotopic (exact) mass is 410 g/mol. The van der Waals surface area contributed by atoms with E-state index in [-0.39, 0.29) is 17.7 Å². The van der Waals surface area contributed by atoms with Gasteiger partial charge in [-0.1, -0.05) is 29.3 Å². The van der Waals surface area contributed by atoms with Crippen molar-refractivity contribution >= 4 is 51.5 Å². The number of benzene rings is 1. The molecule has 2 saturated carbocycles. The second-order valence-electron chi connectivity index (χ2n) is 6.88. The van der Waals surface area contributed by atoms with Crippen molar-refractivity contribution in [2.75, 3.05) is 5.32 Å². The Labute approximate surface area is 164 Å². The van der Waals surface area contributed by atoms with E-state index in [1.165, 1.54) is 11.3 Å². The van der Waals surface area contributed by atoms with E-state index in [1.54, 1.807) is 12.1 Å². The number of rotatable bonds is 4. The highest BCUT2D eigenvalue weighted by atomic mass is 35.5. The third-order valence-corrected chi connectivity index (χ3v) is 6.95. The maximum absolute atomic E-state index is 12.7. The van der Waals surface area contributed by atoms with Crippen molar-refractivity contribution in [1.29, 1.82) is 0 Å². The average molecular weight is 411 g/mol. The van der Waals surface area contributed by atoms with E-state index in [0.717, 1.165) is 24.8 Å². The summed E-state index contributed by atoms with van der Waals surface area (Å²) in [6, 6.07) is 5.23. The number of carboxylic acid groups (broad SMARTS) is 1. The second kappa shape index (κ2) is 6.83. The minimum Gasteiger partial charge on any atom is -0.481 e. The summed E-state index contributed by atoms with van der Waals surface area (Å²) in [5, 5.41) is 15.5. The van der Waals surface area contributed by atoms with Gasteiger partial charge in [-0.05, 0) is 43.2 Å². The maximum atomic E-state index is 12.7. The van der Waals surface area contributed by atoms with Crippen LogP contribution >= 0.6 is 34.5 Å². The number of thiazole rings is 1. The van der Waals surface area contributed by atoms with Crippen molar-refractivity contribution in [2.45, 2.75) is 19.3 Å². The van der Waals surface area contributed by atoms with Crippen molar-refractivity contribution in [2.24, 2.45) is 23.7 Å². The molecule has 0 aliphatic heterocycles. The van der Waals surface area contributed by atoms with Gasteiger partial charge >= 0.3 is 5.97 Å². The van der Waals surface area contributed by atoms with Crippen LogP contribution in [0.15, 0.2) is 23.6 Å². The van der Waals surface area contributed by atoms with Crippen LogP contribution in [0.4, 0.5) is 5.13 Å². The lowest BCUT2D eigenvalue weighted by atomic mass is 9.79. The summed E-state index contributed by atoms with van der Waals surface area (Å²) in [5.74, 6) is -1.87. The van der Waals surface area contributed by atoms with Crippen LogP contribution < -0.4 is 5.32 Å². The highest BCUT2D eigenvalue weighted by Gasteiger charge is 2.54. The Hall–Kier alpha value is -1.63. The first kappa shape index (κ1) is 17.8. The van der Waals surface area contributed by atoms with Crippen molar-refractivity contribution in [1.82, 2.24) is 4.98 Å². The molecule has 2 N–H and O–H groups in total. The predicted molar refractivity (Wildman–Crippen MR) is 102 cm³/mol. The van der Waals surface area contributed by atoms with E-state index in [4.69, 9.17) is 23.2 Å². The average Bonchev–Trinajstić information content (AvgIpc) is 3.32. The van der Waals surface area contributed by atoms with Crippen LogP contribution in [-0.4, -0.2) is 22.0 Å². The minimum absolute atomic E-state index is 0.122. The summed E-state index contributed by atoms with van der Waals surface area (Å²) < 4.78 is 0. The van der Waals surface area contributed by atoms with Crippen LogP contribution in [0.2, 0.25) is 10.0 Å². The zero-order valence-electron chi connectivity index (χ0n) is 13.6. The molecule has 0 spiro atoms. The lowest BCUT2D eigenvalue weighted by Gasteiger charge is -2.26. The molecule has 1 aromatic carbocycles. The van der Waals surface area contributed by atoms with E-state index >= 15 is 0 Å². The van der Waals surface area contributed by atoms with E-state index in [9.17, 15) is 14.7 Å². The molecule has 2 aliphatic rings. The molecule has 5 nitrogen and oxygen atoms in total. The molecule has 1 heterocycles. The van der Waals surface area contributed by atoms with E-state index < -0.39 is 17.8 Å². The molecule has 2 fully saturated rings. The van der Waals surface area contributed by atoms with E-state index in [2.05, 4.69) is 10.3 Å². The lowest BCUT2D eigenvalue weighted by molar-refractivity contribution is -0.148. The van der Waals surface area contributed by atoms with Crippen LogP contribution in [0, 0.1) is 23.7 Å². The quantitative estimate of drug-likeness (QED) is 0.758. The molecule has 2 aliphatic carbocycles. The second-order valence-corrected chi connectivity index (χ2v) is 8.55. The number of nitrogens with zero attached hydrogens (tertiary/aromatic N) is 1. The van der Waals surface area contributed by atoms with Gasteiger partial charge in [-0.15, -0.1) is 11.3 Å². The highest BCUT2D eigenvalue weighted by molar-refractivity contribution is 7.14. The number of carbonyl (C=O) groups is 2. The van der Waals surface area contributed by atoms with Crippen molar-refractivity contribution in [3.8, 4) is 11.3 Å². The van der Waals surface area contributed by atoms with Gasteiger partial charge in [-0.25, -0.2) is 4.98 Å². The number of carboxylic acids is 1. The molecular weight excluding hydrogens is 395 g/mol. The molecule has 8 heteroatoms. The Kier molecular flexibility index (Phi) is 4.67. The Bertz CT molecular complexity index is 885. The van der Waals surface area contributed by atoms with Gasteiger partial charge in [0.05, 0.1) is 27.6 Å². The van der Waals surface area contributed by atoms with Crippen LogP contribution in [-0.2, 0) is 9.59 Å². The van der Waals surface area contributed by atoms with Crippen LogP contribution in [0.5, 0.6) is 0 Å². The van der Waals surface area contributed by atoms with Crippen molar-refractivity contribution in [3.05, 3.63) is 33.6 Å². The summed E-state index contributed by atoms with van der Waals surface area (Å²) >= 11 is 13.3. The number of carbonyl (C=O) groups excluding carboxylic acids is 1. The van der Waals surface area contributed by atoms with Gasteiger partial charge in [0.15, 0.2) is 5.13 Å². The van der Waals surface area contributed by atoms with Crippen molar-refractivity contribution in [3.63, 3.8) is 0 Å². The molecule has 4 rings (SSSR count). The normalized spacial score (nSPS) is 26.8. The molecule has 26 heavy (non-hydrogen) atoms. The Morgan fingerprint density at radius 1 is 1.15 bits per heavy atom. The first-order valence-corrected chi connectivity index (χ1v) is 10.0. The first-order chi connectivity index (χ1) is 12.4. The van der Waals surface area contributed by atoms with Gasteiger partial charge in [0, 0.05) is 10.9 Å². The summed E-state index contributed by atoms with van der Waals surface area (Å²) in [4.78, 5) is 28.7. The third kappa shape index (κ3) is 3.10. The maximum Gasteiger partial charge on any atom is 0.307 e. The number of nitrogens with one attached hydrogen (secondary N) is 1. The summed E-state index contributed by atoms with van der Waals surface area (Å²) in [5.41, 5.74) is 1.49. The number of aromatic nitrogens is 1. The Morgan fingerprint density at radius 2 is 1.88 bits per heavy atom. The predicted octanol–water partition coefficient (Wildman–Crippen LogP) is 4.80. The molecule has 0 saturated heterocycles. The van der Waals surface area contributed by atoms with E-state index in [1.807, 2.05) is 11.4 Å². The molecule has 136 valence electrons. The largest absolute Gasteiger partial charge is 0.481 e. The Balaban J connectivity index is 1.51. The van der Waals surface area contributed by atoms with Gasteiger partial charge in [-0.2, -0.15) is 0 Å². The van der Waals surface area contributed by atoms with Crippen LogP contribution in [0.1, 0.15) is 19.3 Å². The molecule has 2 aromatic rings. The summed E-state index contributed by atoms with van der Waals surface area (Å²) in [7, 11) is 0. The molecule has 1 amide bonds. The molecule has 2 bridgehead atoms. The third-order valence-electron chi connectivity index (χ3n) is 5.45. The van der Waals surface area contributed by atoms with E-state index in [0.29, 0.717) is 20.9 Å². The fourth-order valence-corrected chi connectivity index (χ4v) is 5.35. The molecular formula is C18H16Cl2N2O3S. The first-order valence-electron chi connectivity index (χ1n) is 8.38. The topological polar surface area (TPSA) is 79.3 Å². The van der Waals surface area contributed by atoms with Gasteiger partial charge in [0.1, 0.15) is 0 Å². The number of aliphatic carboxylic acids is 1. The van der Waals surface area contributed by atoms with Gasteiger partial charge in [-0.3, -0.25) is 9.59 Å². The lowest BCUT2D eigenvalue weighted by Crippen LogP contribution is -2.37. The van der Waals surface area contributed by atoms with Crippen LogP contribution in [0.25, 0.3) is 11.3 Å². The number of fused-ring (bicyclic) bond motifs is 2. The number of anilines is 1. The minimum atomic E-state index is -0.868. The SMILES string of the molecule is O=C(O)C1C2CCC(C2)C1C(=O)Nc1nc(-c2ccc(Cl)c(Cl)c2)cs1. The molecule has 0 radical (unpaired) electrons. The summed E-state index contributed by atoms with van der Waals surface area (Å²) in [6.07, 6.45) is 2.67. The fourth-order valence-electron chi connectivity index (χ4n) is 4.33. The molecule has 1 aromatic heterocycles. The zero-order valence-corrected chi connectivity index (χ0v) is 15.9. The molecule has 4 unspecified atom stereocenters. The number of halogens is 2. The highest BCUT2D eigenvalue weighted by Crippen LogP contribution is 2.52. The van der Waals surface area contributed by atoms with Crippen LogP contribution in [0.3, 0.4) is 0 Å². The standard InChI is InChI=1S/C18H16Cl2N2O3S/c19-11-4-3-8(6-12(11)20)13-7-26-18(21-13)22-16(23)14-9-1-2-10(5-9)15(14)17(24)25/h3-4,6-7,9-10,14-15H,1-2,5H2,(H,24,25)(H,21,22,23). The number of hydrogen-bond donors (Lipinski definition) is 2. The molecule has 4 atom stereocenters. The fraction of sp³-hybridized carbons (Fsp3) is 0.389.